The second-order valence-corrected chi connectivity index (χ2v) is 8.19. The third-order valence-electron chi connectivity index (χ3n) is 4.86. The number of anilines is 1. The third-order valence-corrected chi connectivity index (χ3v) is 5.91. The Bertz CT molecular complexity index is 926. The topological polar surface area (TPSA) is 37.7 Å². The van der Waals surface area contributed by atoms with E-state index in [4.69, 9.17) is 14.7 Å². The van der Waals surface area contributed by atoms with Crippen LogP contribution in [0.1, 0.15) is 30.2 Å². The van der Waals surface area contributed by atoms with Gasteiger partial charge in [0.2, 0.25) is 0 Å². The fourth-order valence-electron chi connectivity index (χ4n) is 3.18. The van der Waals surface area contributed by atoms with Crippen molar-refractivity contribution in [3.8, 4) is 11.3 Å². The first-order valence-electron chi connectivity index (χ1n) is 9.73. The third kappa shape index (κ3) is 4.32. The Kier molecular flexibility index (Phi) is 5.84. The lowest BCUT2D eigenvalue weighted by Crippen LogP contribution is -2.36. The first kappa shape index (κ1) is 18.8. The molecule has 4 rings (SSSR count). The van der Waals surface area contributed by atoms with Crippen LogP contribution in [-0.4, -0.2) is 37.5 Å². The van der Waals surface area contributed by atoms with Gasteiger partial charge in [0.05, 0.1) is 29.5 Å². The van der Waals surface area contributed by atoms with Gasteiger partial charge in [0.1, 0.15) is 0 Å². The molecule has 0 atom stereocenters. The highest BCUT2D eigenvalue weighted by atomic mass is 32.1. The highest BCUT2D eigenvalue weighted by Crippen LogP contribution is 2.33. The molecule has 1 aliphatic heterocycles. The van der Waals surface area contributed by atoms with Gasteiger partial charge < -0.3 is 9.64 Å². The van der Waals surface area contributed by atoms with Crippen LogP contribution in [0, 0.1) is 0 Å². The maximum absolute atomic E-state index is 5.48. The number of hydrogen-bond donors (Lipinski definition) is 0. The van der Waals surface area contributed by atoms with E-state index < -0.39 is 0 Å². The Balaban J connectivity index is 1.65. The van der Waals surface area contributed by atoms with Gasteiger partial charge >= 0.3 is 0 Å². The molecule has 1 aliphatic rings. The van der Waals surface area contributed by atoms with E-state index in [0.29, 0.717) is 5.92 Å². The van der Waals surface area contributed by atoms with Crippen LogP contribution in [-0.2, 0) is 4.74 Å². The molecular formula is C23H25N3OS. The summed E-state index contributed by atoms with van der Waals surface area (Å²) in [5.41, 5.74) is 4.41. The van der Waals surface area contributed by atoms with E-state index in [9.17, 15) is 0 Å². The number of aliphatic imine (C=N–C) groups is 1. The predicted octanol–water partition coefficient (Wildman–Crippen LogP) is 5.52. The molecule has 0 bridgehead atoms. The molecule has 0 radical (unpaired) electrons. The number of rotatable bonds is 5. The molecule has 0 N–H and O–H groups in total. The zero-order valence-corrected chi connectivity index (χ0v) is 17.2. The van der Waals surface area contributed by atoms with Gasteiger partial charge in [0.15, 0.2) is 5.13 Å². The minimum Gasteiger partial charge on any atom is -0.378 e. The van der Waals surface area contributed by atoms with Crippen LogP contribution in [0.4, 0.5) is 10.8 Å². The second-order valence-electron chi connectivity index (χ2n) is 7.18. The van der Waals surface area contributed by atoms with E-state index in [1.165, 1.54) is 5.56 Å². The fraction of sp³-hybridized carbons (Fsp3) is 0.304. The van der Waals surface area contributed by atoms with Gasteiger partial charge in [-0.05, 0) is 23.6 Å². The molecule has 0 aliphatic carbocycles. The number of aromatic nitrogens is 1. The first-order chi connectivity index (χ1) is 13.7. The maximum Gasteiger partial charge on any atom is 0.186 e. The predicted molar refractivity (Wildman–Crippen MR) is 118 cm³/mol. The van der Waals surface area contributed by atoms with Crippen molar-refractivity contribution in [3.63, 3.8) is 0 Å². The number of thiazole rings is 1. The van der Waals surface area contributed by atoms with Crippen LogP contribution < -0.4 is 4.90 Å². The van der Waals surface area contributed by atoms with Crippen LogP contribution in [0.3, 0.4) is 0 Å². The van der Waals surface area contributed by atoms with Crippen LogP contribution in [0.15, 0.2) is 59.6 Å². The lowest BCUT2D eigenvalue weighted by atomic mass is 10.0. The summed E-state index contributed by atoms with van der Waals surface area (Å²) in [6.07, 6.45) is 1.95. The van der Waals surface area contributed by atoms with Crippen molar-refractivity contribution >= 4 is 28.4 Å². The summed E-state index contributed by atoms with van der Waals surface area (Å²) in [6, 6.07) is 18.8. The van der Waals surface area contributed by atoms with Crippen molar-refractivity contribution in [2.75, 3.05) is 31.2 Å². The molecular weight excluding hydrogens is 366 g/mol. The number of morpholine rings is 1. The molecule has 1 aromatic heterocycles. The van der Waals surface area contributed by atoms with Crippen molar-refractivity contribution in [1.29, 1.82) is 0 Å². The molecule has 4 nitrogen and oxygen atoms in total. The molecule has 0 unspecified atom stereocenters. The Morgan fingerprint density at radius 1 is 1.04 bits per heavy atom. The van der Waals surface area contributed by atoms with E-state index >= 15 is 0 Å². The monoisotopic (exact) mass is 391 g/mol. The summed E-state index contributed by atoms with van der Waals surface area (Å²) in [4.78, 5) is 13.1. The lowest BCUT2D eigenvalue weighted by molar-refractivity contribution is 0.122. The van der Waals surface area contributed by atoms with Gasteiger partial charge in [0.25, 0.3) is 0 Å². The molecule has 3 aromatic rings. The summed E-state index contributed by atoms with van der Waals surface area (Å²) in [5, 5.41) is 1.04. The highest BCUT2D eigenvalue weighted by Gasteiger charge is 2.18. The van der Waals surface area contributed by atoms with Crippen molar-refractivity contribution in [2.24, 2.45) is 4.99 Å². The van der Waals surface area contributed by atoms with Gasteiger partial charge in [-0.25, -0.2) is 4.98 Å². The van der Waals surface area contributed by atoms with Crippen LogP contribution in [0.2, 0.25) is 0 Å². The molecule has 2 aromatic carbocycles. The average Bonchev–Trinajstić information content (AvgIpc) is 3.18. The van der Waals surface area contributed by atoms with Crippen molar-refractivity contribution in [1.82, 2.24) is 4.98 Å². The Morgan fingerprint density at radius 3 is 2.43 bits per heavy atom. The smallest absolute Gasteiger partial charge is 0.186 e. The van der Waals surface area contributed by atoms with E-state index in [-0.39, 0.29) is 0 Å². The van der Waals surface area contributed by atoms with E-state index in [0.717, 1.165) is 53.3 Å². The average molecular weight is 392 g/mol. The van der Waals surface area contributed by atoms with Crippen molar-refractivity contribution < 1.29 is 4.74 Å². The molecule has 1 fully saturated rings. The molecule has 144 valence electrons. The minimum atomic E-state index is 0.528. The summed E-state index contributed by atoms with van der Waals surface area (Å²) < 4.78 is 5.48. The number of ether oxygens (including phenoxy) is 1. The molecule has 0 amide bonds. The minimum absolute atomic E-state index is 0.528. The zero-order valence-electron chi connectivity index (χ0n) is 16.3. The van der Waals surface area contributed by atoms with Crippen LogP contribution in [0.5, 0.6) is 0 Å². The zero-order chi connectivity index (χ0) is 19.3. The molecule has 0 saturated carbocycles. The largest absolute Gasteiger partial charge is 0.378 e. The summed E-state index contributed by atoms with van der Waals surface area (Å²) in [7, 11) is 0. The summed E-state index contributed by atoms with van der Waals surface area (Å²) >= 11 is 1.70. The standard InChI is InChI=1S/C23H25N3OS/c1-17(2)18-8-10-20(11-9-18)24-16-21-22(19-6-4-3-5-7-19)25-23(28-21)26-12-14-27-15-13-26/h3-11,16-17H,12-15H2,1-2H3. The van der Waals surface area contributed by atoms with Gasteiger partial charge in [0, 0.05) is 24.9 Å². The normalized spacial score (nSPS) is 14.9. The highest BCUT2D eigenvalue weighted by molar-refractivity contribution is 7.17. The molecule has 0 spiro atoms. The quantitative estimate of drug-likeness (QED) is 0.537. The Labute approximate surface area is 170 Å². The molecule has 1 saturated heterocycles. The molecule has 2 heterocycles. The van der Waals surface area contributed by atoms with Gasteiger partial charge in [-0.1, -0.05) is 67.6 Å². The van der Waals surface area contributed by atoms with Gasteiger partial charge in [-0.2, -0.15) is 0 Å². The second kappa shape index (κ2) is 8.67. The summed E-state index contributed by atoms with van der Waals surface area (Å²) in [5.74, 6) is 0.528. The summed E-state index contributed by atoms with van der Waals surface area (Å²) in [6.45, 7) is 7.69. The Hall–Kier alpha value is -2.50. The molecule has 5 heteroatoms. The van der Waals surface area contributed by atoms with E-state index in [1.807, 2.05) is 12.3 Å². The first-order valence-corrected chi connectivity index (χ1v) is 10.6. The lowest BCUT2D eigenvalue weighted by Gasteiger charge is -2.26. The van der Waals surface area contributed by atoms with E-state index in [1.54, 1.807) is 11.3 Å². The van der Waals surface area contributed by atoms with Crippen LogP contribution >= 0.6 is 11.3 Å². The number of hydrogen-bond acceptors (Lipinski definition) is 5. The number of benzene rings is 2. The SMILES string of the molecule is CC(C)c1ccc(N=Cc2sc(N3CCOCC3)nc2-c2ccccc2)cc1. The van der Waals surface area contributed by atoms with Crippen molar-refractivity contribution in [2.45, 2.75) is 19.8 Å². The maximum atomic E-state index is 5.48. The molecule has 28 heavy (non-hydrogen) atoms. The van der Waals surface area contributed by atoms with E-state index in [2.05, 4.69) is 67.3 Å². The van der Waals surface area contributed by atoms with Crippen molar-refractivity contribution in [3.05, 3.63) is 65.0 Å². The number of nitrogens with zero attached hydrogens (tertiary/aromatic N) is 3. The Morgan fingerprint density at radius 2 is 1.75 bits per heavy atom. The fourth-order valence-corrected chi connectivity index (χ4v) is 4.19. The van der Waals surface area contributed by atoms with Gasteiger partial charge in [-0.3, -0.25) is 4.99 Å². The van der Waals surface area contributed by atoms with Gasteiger partial charge in [-0.15, -0.1) is 0 Å². The van der Waals surface area contributed by atoms with Crippen LogP contribution in [0.25, 0.3) is 11.3 Å².